The van der Waals surface area contributed by atoms with Crippen LogP contribution in [-0.2, 0) is 114 Å². The van der Waals surface area contributed by atoms with Gasteiger partial charge in [0.15, 0.2) is 30.9 Å². The number of hydrogen-bond donors (Lipinski definition) is 20. The molecule has 0 bridgehead atoms. The van der Waals surface area contributed by atoms with E-state index in [-0.39, 0.29) is 195 Å². The molecular formula is C80H138N8O37. The first-order chi connectivity index (χ1) is 59.5. The minimum atomic E-state index is -1.58. The van der Waals surface area contributed by atoms with Gasteiger partial charge in [0.05, 0.1) is 124 Å². The summed E-state index contributed by atoms with van der Waals surface area (Å²) in [6.45, 7) is 5.96. The average Bonchev–Trinajstić information content (AvgIpc) is 1.62. The van der Waals surface area contributed by atoms with Gasteiger partial charge in [0, 0.05) is 153 Å². The van der Waals surface area contributed by atoms with Gasteiger partial charge in [-0.25, -0.2) is 0 Å². The van der Waals surface area contributed by atoms with Crippen molar-refractivity contribution in [2.75, 3.05) is 159 Å². The van der Waals surface area contributed by atoms with Gasteiger partial charge in [-0.2, -0.15) is 0 Å². The predicted octanol–water partition coefficient (Wildman–Crippen LogP) is -8.25. The number of hydrogen-bond acceptors (Lipinski definition) is 37. The summed E-state index contributed by atoms with van der Waals surface area (Å²) in [5.41, 5.74) is -1.25. The van der Waals surface area contributed by atoms with Crippen molar-refractivity contribution < 1.29 is 181 Å². The van der Waals surface area contributed by atoms with E-state index >= 15 is 0 Å². The van der Waals surface area contributed by atoms with E-state index < -0.39 is 263 Å². The molecule has 0 saturated carbocycles. The number of ether oxygens (including phenoxy) is 13. The van der Waals surface area contributed by atoms with Gasteiger partial charge >= 0.3 is 0 Å². The van der Waals surface area contributed by atoms with Gasteiger partial charge in [-0.15, -0.1) is 0 Å². The van der Waals surface area contributed by atoms with E-state index in [2.05, 4.69) is 37.2 Å². The molecule has 5 aliphatic heterocycles. The second-order valence-electron chi connectivity index (χ2n) is 32.6. The lowest BCUT2D eigenvalue weighted by atomic mass is 9.69. The fourth-order valence-electron chi connectivity index (χ4n) is 14.9. The fraction of sp³-hybridized carbons (Fsp3) is 0.863. The number of ketones is 3. The van der Waals surface area contributed by atoms with Crippen molar-refractivity contribution in [3.8, 4) is 0 Å². The van der Waals surface area contributed by atoms with Crippen LogP contribution in [0.3, 0.4) is 0 Å². The Balaban J connectivity index is 1.30. The molecule has 6 unspecified atom stereocenters. The fourth-order valence-corrected chi connectivity index (χ4v) is 14.9. The van der Waals surface area contributed by atoms with Crippen molar-refractivity contribution in [2.24, 2.45) is 28.6 Å². The molecule has 720 valence electrons. The number of aliphatic hydroxyl groups excluding tert-OH is 13. The Bertz CT molecular complexity index is 3290. The van der Waals surface area contributed by atoms with E-state index in [1.54, 1.807) is 18.7 Å². The molecule has 25 atom stereocenters. The Morgan fingerprint density at radius 3 is 1.32 bits per heavy atom. The molecule has 0 aromatic heterocycles. The third kappa shape index (κ3) is 35.8. The van der Waals surface area contributed by atoms with E-state index in [9.17, 15) is 119 Å². The van der Waals surface area contributed by atoms with E-state index in [0.29, 0.717) is 0 Å². The standard InChI is InChI=1S/C80H138N8O37/c1-45-65(103)67(105)55(37-89)122-75(45)118-32-28-114-24-8-10-50(96)13-15-53(74(112)83-23-27-117-30-33-119-76-46(2)66(104)68(106)56(38-90)123-76)87-73(111)49(36-51(97)14-18-59(99)81-21-20-62(102)88-41-79(5,43-93)80(6,42-88)44-113-7)12-17-61(101)86-52(54(98)11-9-25-115-29-34-120-77-63(84-47(3)94)71(109)69(107)57(39-91)124-77)16-19-60(100)82-22-26-116-31-35-121-78-64(85-48(4)95)72(110)70(108)58(40-92)125-78/h45-46,49,52-53,55-58,63-72,75-78,89-93,103-110H,8-44H2,1-7H3,(H,81,99)(H,82,100)(H,83,112)(H,84,94)(H,85,95)(H,86,101)(H,87,111)/t45-,46-,49+,52?,53?,55-,56-,57-,58-,63-,64-,65-,66-,67+,68+,69+,70+,71-,72-,75?,76?,77?,78?,79-,80+/m1/s1. The van der Waals surface area contributed by atoms with Crippen LogP contribution < -0.4 is 37.2 Å². The molecule has 0 spiro atoms. The molecule has 45 nitrogen and oxygen atoms in total. The number of nitrogens with zero attached hydrogens (tertiary/aromatic N) is 1. The molecule has 0 aromatic rings. The highest BCUT2D eigenvalue weighted by atomic mass is 16.7. The van der Waals surface area contributed by atoms with Crippen LogP contribution in [-0.4, -0.2) is 417 Å². The van der Waals surface area contributed by atoms with Crippen LogP contribution in [0, 0.1) is 28.6 Å². The summed E-state index contributed by atoms with van der Waals surface area (Å²) in [5, 5.41) is 150. The molecule has 0 radical (unpaired) electrons. The maximum absolute atomic E-state index is 14.8. The molecule has 5 heterocycles. The normalized spacial score (nSPS) is 30.0. The number of amides is 8. The number of aliphatic hydroxyl groups is 13. The highest BCUT2D eigenvalue weighted by Crippen LogP contribution is 2.46. The molecule has 0 aliphatic carbocycles. The lowest BCUT2D eigenvalue weighted by Crippen LogP contribution is -2.64. The summed E-state index contributed by atoms with van der Waals surface area (Å²) < 4.78 is 73.1. The minimum Gasteiger partial charge on any atom is -0.396 e. The van der Waals surface area contributed by atoms with Gasteiger partial charge < -0.3 is 170 Å². The van der Waals surface area contributed by atoms with E-state index in [4.69, 9.17) is 61.6 Å². The van der Waals surface area contributed by atoms with E-state index in [0.717, 1.165) is 0 Å². The van der Waals surface area contributed by atoms with Crippen molar-refractivity contribution in [3.05, 3.63) is 0 Å². The van der Waals surface area contributed by atoms with Crippen LogP contribution in [0.1, 0.15) is 131 Å². The Labute approximate surface area is 726 Å². The molecule has 125 heavy (non-hydrogen) atoms. The number of Topliss-reactive ketones (excluding diaryl/α,β-unsaturated/α-hetero) is 3. The van der Waals surface area contributed by atoms with Crippen molar-refractivity contribution in [1.82, 2.24) is 42.1 Å². The molecule has 0 aromatic carbocycles. The van der Waals surface area contributed by atoms with E-state index in [1.807, 2.05) is 13.8 Å². The zero-order valence-corrected chi connectivity index (χ0v) is 72.5. The average molecular weight is 1800 g/mol. The summed E-state index contributed by atoms with van der Waals surface area (Å²) in [5.74, 6) is -9.65. The zero-order chi connectivity index (χ0) is 92.5. The first kappa shape index (κ1) is 109. The molecular weight excluding hydrogens is 1660 g/mol. The lowest BCUT2D eigenvalue weighted by molar-refractivity contribution is -0.284. The van der Waals surface area contributed by atoms with Gasteiger partial charge in [0.2, 0.25) is 47.3 Å². The van der Waals surface area contributed by atoms with Crippen LogP contribution in [0.5, 0.6) is 0 Å². The molecule has 20 N–H and O–H groups in total. The third-order valence-electron chi connectivity index (χ3n) is 22.8. The van der Waals surface area contributed by atoms with Crippen molar-refractivity contribution in [2.45, 2.75) is 254 Å². The quantitative estimate of drug-likeness (QED) is 0.0252. The smallest absolute Gasteiger partial charge is 0.242 e. The van der Waals surface area contributed by atoms with E-state index in [1.165, 1.54) is 21.0 Å². The van der Waals surface area contributed by atoms with Crippen LogP contribution in [0.2, 0.25) is 0 Å². The second-order valence-corrected chi connectivity index (χ2v) is 32.6. The first-order valence-corrected chi connectivity index (χ1v) is 42.7. The van der Waals surface area contributed by atoms with Crippen LogP contribution in [0.25, 0.3) is 0 Å². The Morgan fingerprint density at radius 2 is 0.840 bits per heavy atom. The molecule has 8 amide bonds. The third-order valence-corrected chi connectivity index (χ3v) is 22.8. The predicted molar refractivity (Wildman–Crippen MR) is 429 cm³/mol. The Morgan fingerprint density at radius 1 is 0.416 bits per heavy atom. The van der Waals surface area contributed by atoms with Gasteiger partial charge in [-0.05, 0) is 32.1 Å². The monoisotopic (exact) mass is 1800 g/mol. The largest absolute Gasteiger partial charge is 0.396 e. The molecule has 5 rings (SSSR count). The van der Waals surface area contributed by atoms with Crippen LogP contribution >= 0.6 is 0 Å². The van der Waals surface area contributed by atoms with Gasteiger partial charge in [-0.1, -0.05) is 27.7 Å². The molecule has 5 aliphatic rings. The van der Waals surface area contributed by atoms with Gasteiger partial charge in [-0.3, -0.25) is 52.7 Å². The summed E-state index contributed by atoms with van der Waals surface area (Å²) in [4.78, 5) is 151. The maximum atomic E-state index is 14.8. The maximum Gasteiger partial charge on any atom is 0.242 e. The second kappa shape index (κ2) is 57.0. The topological polar surface area (TPSA) is 658 Å². The highest BCUT2D eigenvalue weighted by Gasteiger charge is 2.54. The van der Waals surface area contributed by atoms with Gasteiger partial charge in [0.25, 0.3) is 0 Å². The minimum absolute atomic E-state index is 0.0197. The summed E-state index contributed by atoms with van der Waals surface area (Å²) in [6, 6.07) is -5.30. The number of carbonyl (C=O) groups is 11. The number of likely N-dealkylation sites (tertiary alicyclic amines) is 1. The molecule has 5 fully saturated rings. The summed E-state index contributed by atoms with van der Waals surface area (Å²) in [6.07, 6.45) is -24.7. The molecule has 45 heteroatoms. The van der Waals surface area contributed by atoms with Crippen molar-refractivity contribution >= 4 is 64.6 Å². The van der Waals surface area contributed by atoms with Crippen molar-refractivity contribution in [1.29, 1.82) is 0 Å². The Hall–Kier alpha value is -6.27. The first-order valence-electron chi connectivity index (χ1n) is 42.7. The summed E-state index contributed by atoms with van der Waals surface area (Å²) in [7, 11) is 1.52. The lowest BCUT2D eigenvalue weighted by Gasteiger charge is -2.42. The Kier molecular flexibility index (Phi) is 49.8. The van der Waals surface area contributed by atoms with Crippen molar-refractivity contribution in [3.63, 3.8) is 0 Å². The number of carbonyl (C=O) groups excluding carboxylic acids is 11. The number of rotatable bonds is 61. The van der Waals surface area contributed by atoms with Crippen LogP contribution in [0.15, 0.2) is 0 Å². The van der Waals surface area contributed by atoms with Gasteiger partial charge in [0.1, 0.15) is 90.7 Å². The number of methoxy groups -OCH3 is 1. The molecule has 5 saturated heterocycles. The summed E-state index contributed by atoms with van der Waals surface area (Å²) >= 11 is 0. The van der Waals surface area contributed by atoms with Crippen LogP contribution in [0.4, 0.5) is 0 Å². The highest BCUT2D eigenvalue weighted by molar-refractivity contribution is 5.93. The number of nitrogens with one attached hydrogen (secondary N) is 7. The zero-order valence-electron chi connectivity index (χ0n) is 72.5. The SMILES string of the molecule is COC[C@]1(C)CN(C(=O)CCNC(=O)CCC(=O)C[C@H](CCC(=O)NC(CCC(=O)NCCOCCOC2O[C@H](CO)[C@H](O)[C@H](O)[C@H]2NC(C)=O)C(=O)CCCOCCOC2O[C@H](CO)[C@H](O)[C@H](O)[C@H]2NC(C)=O)C(=O)NC(CCC(=O)CCCOCCOC2O[C@H](CO)[C@H](O)[C@H](O)[C@H]2C)C(=O)NCCOCCOC2O[C@H](CO)[C@H](O)[C@H](O)[C@H]2C)C[C@]1(C)CO.